The molecule has 1 heterocycles. The Hall–Kier alpha value is -1.13. The first kappa shape index (κ1) is 13.3. The molecule has 1 aliphatic heterocycles. The second-order valence-corrected chi connectivity index (χ2v) is 5.15. The average molecular weight is 264 g/mol. The molecule has 0 bridgehead atoms. The van der Waals surface area contributed by atoms with Crippen LogP contribution in [0.15, 0.2) is 24.3 Å². The van der Waals surface area contributed by atoms with Crippen LogP contribution in [0, 0.1) is 0 Å². The molecule has 3 nitrogen and oxygen atoms in total. The Labute approximate surface area is 114 Å². The van der Waals surface area contributed by atoms with Gasteiger partial charge in [-0.05, 0) is 43.6 Å². The van der Waals surface area contributed by atoms with Crippen LogP contribution >= 0.6 is 12.2 Å². The zero-order valence-electron chi connectivity index (χ0n) is 10.8. The van der Waals surface area contributed by atoms with Crippen molar-refractivity contribution >= 4 is 17.2 Å². The summed E-state index contributed by atoms with van der Waals surface area (Å²) in [7, 11) is 1.67. The second-order valence-electron chi connectivity index (χ2n) is 4.67. The molecule has 1 aliphatic rings. The predicted octanol–water partition coefficient (Wildman–Crippen LogP) is 2.51. The molecule has 0 aliphatic carbocycles. The molecule has 4 heteroatoms. The van der Waals surface area contributed by atoms with E-state index in [4.69, 9.17) is 22.7 Å². The Kier molecular flexibility index (Phi) is 4.55. The maximum atomic E-state index is 5.93. The second kappa shape index (κ2) is 6.16. The summed E-state index contributed by atoms with van der Waals surface area (Å²) in [6, 6.07) is 8.09. The van der Waals surface area contributed by atoms with E-state index in [1.54, 1.807) is 7.11 Å². The maximum absolute atomic E-state index is 5.93. The van der Waals surface area contributed by atoms with Crippen LogP contribution in [-0.2, 0) is 0 Å². The van der Waals surface area contributed by atoms with Crippen LogP contribution in [0.25, 0.3) is 0 Å². The van der Waals surface area contributed by atoms with Gasteiger partial charge in [0.2, 0.25) is 0 Å². The van der Waals surface area contributed by atoms with Gasteiger partial charge in [-0.1, -0.05) is 30.8 Å². The highest BCUT2D eigenvalue weighted by Gasteiger charge is 2.24. The van der Waals surface area contributed by atoms with Crippen molar-refractivity contribution in [3.05, 3.63) is 29.8 Å². The van der Waals surface area contributed by atoms with Crippen molar-refractivity contribution in [1.82, 2.24) is 4.90 Å². The summed E-state index contributed by atoms with van der Waals surface area (Å²) < 4.78 is 5.18. The third kappa shape index (κ3) is 3.00. The minimum Gasteiger partial charge on any atom is -0.497 e. The monoisotopic (exact) mass is 264 g/mol. The Bertz CT molecular complexity index is 399. The average Bonchev–Trinajstić information content (AvgIpc) is 2.40. The van der Waals surface area contributed by atoms with Crippen LogP contribution in [0.4, 0.5) is 0 Å². The van der Waals surface area contributed by atoms with Gasteiger partial charge in [-0.25, -0.2) is 0 Å². The number of benzene rings is 1. The van der Waals surface area contributed by atoms with Crippen molar-refractivity contribution in [3.63, 3.8) is 0 Å². The van der Waals surface area contributed by atoms with E-state index in [0.717, 1.165) is 24.4 Å². The summed E-state index contributed by atoms with van der Waals surface area (Å²) in [5, 5.41) is 0. The van der Waals surface area contributed by atoms with Crippen molar-refractivity contribution in [3.8, 4) is 5.75 Å². The molecule has 0 radical (unpaired) electrons. The molecule has 2 N–H and O–H groups in total. The van der Waals surface area contributed by atoms with Crippen LogP contribution in [0.2, 0.25) is 0 Å². The molecule has 0 saturated carbocycles. The quantitative estimate of drug-likeness (QED) is 0.848. The van der Waals surface area contributed by atoms with Crippen LogP contribution in [0.5, 0.6) is 5.75 Å². The SMILES string of the molecule is COc1ccc(C(C(N)=S)N2CCCCC2)cc1. The van der Waals surface area contributed by atoms with E-state index < -0.39 is 0 Å². The largest absolute Gasteiger partial charge is 0.497 e. The van der Waals surface area contributed by atoms with Gasteiger partial charge in [0.1, 0.15) is 5.75 Å². The van der Waals surface area contributed by atoms with E-state index in [1.165, 1.54) is 19.3 Å². The lowest BCUT2D eigenvalue weighted by molar-refractivity contribution is 0.203. The lowest BCUT2D eigenvalue weighted by Crippen LogP contribution is -2.40. The van der Waals surface area contributed by atoms with Gasteiger partial charge in [0.25, 0.3) is 0 Å². The predicted molar refractivity (Wildman–Crippen MR) is 77.9 cm³/mol. The van der Waals surface area contributed by atoms with Crippen LogP contribution in [0.1, 0.15) is 30.9 Å². The summed E-state index contributed by atoms with van der Waals surface area (Å²) in [5.74, 6) is 0.860. The normalized spacial score (nSPS) is 18.3. The molecule has 0 amide bonds. The number of nitrogens with two attached hydrogens (primary N) is 1. The highest BCUT2D eigenvalue weighted by Crippen LogP contribution is 2.26. The molecule has 0 aromatic heterocycles. The molecular formula is C14H20N2OS. The standard InChI is InChI=1S/C14H20N2OS/c1-17-12-7-5-11(6-8-12)13(14(15)18)16-9-3-2-4-10-16/h5-8,13H,2-4,9-10H2,1H3,(H2,15,18). The van der Waals surface area contributed by atoms with Crippen molar-refractivity contribution < 1.29 is 4.74 Å². The summed E-state index contributed by atoms with van der Waals surface area (Å²) in [6.45, 7) is 2.15. The van der Waals surface area contributed by atoms with Gasteiger partial charge in [0, 0.05) is 0 Å². The van der Waals surface area contributed by atoms with Gasteiger partial charge in [-0.2, -0.15) is 0 Å². The number of rotatable bonds is 4. The van der Waals surface area contributed by atoms with Crippen LogP contribution in [0.3, 0.4) is 0 Å². The fourth-order valence-electron chi connectivity index (χ4n) is 2.52. The molecule has 1 saturated heterocycles. The lowest BCUT2D eigenvalue weighted by atomic mass is 10.0. The van der Waals surface area contributed by atoms with Crippen LogP contribution < -0.4 is 10.5 Å². The number of piperidine rings is 1. The minimum atomic E-state index is 0.0613. The molecule has 1 atom stereocenters. The van der Waals surface area contributed by atoms with Gasteiger partial charge in [0.05, 0.1) is 18.1 Å². The van der Waals surface area contributed by atoms with Crippen LogP contribution in [-0.4, -0.2) is 30.1 Å². The van der Waals surface area contributed by atoms with E-state index in [2.05, 4.69) is 17.0 Å². The Morgan fingerprint density at radius 2 is 1.83 bits per heavy atom. The third-order valence-electron chi connectivity index (χ3n) is 3.46. The lowest BCUT2D eigenvalue weighted by Gasteiger charge is -2.34. The first-order chi connectivity index (χ1) is 8.72. The van der Waals surface area contributed by atoms with Crippen molar-refractivity contribution in [2.75, 3.05) is 20.2 Å². The fourth-order valence-corrected chi connectivity index (χ4v) is 2.80. The highest BCUT2D eigenvalue weighted by molar-refractivity contribution is 7.80. The first-order valence-corrected chi connectivity index (χ1v) is 6.80. The molecule has 98 valence electrons. The summed E-state index contributed by atoms with van der Waals surface area (Å²) in [6.07, 6.45) is 3.77. The number of nitrogens with zero attached hydrogens (tertiary/aromatic N) is 1. The molecular weight excluding hydrogens is 244 g/mol. The smallest absolute Gasteiger partial charge is 0.118 e. The number of likely N-dealkylation sites (tertiary alicyclic amines) is 1. The Morgan fingerprint density at radius 3 is 2.33 bits per heavy atom. The van der Waals surface area contributed by atoms with E-state index in [9.17, 15) is 0 Å². The zero-order chi connectivity index (χ0) is 13.0. The summed E-state index contributed by atoms with van der Waals surface area (Å²) in [4.78, 5) is 2.94. The van der Waals surface area contributed by atoms with Crippen molar-refractivity contribution in [1.29, 1.82) is 0 Å². The number of hydrogen-bond donors (Lipinski definition) is 1. The summed E-state index contributed by atoms with van der Waals surface area (Å²) >= 11 is 5.25. The number of hydrogen-bond acceptors (Lipinski definition) is 3. The van der Waals surface area contributed by atoms with Gasteiger partial charge in [0.15, 0.2) is 0 Å². The molecule has 18 heavy (non-hydrogen) atoms. The number of methoxy groups -OCH3 is 1. The van der Waals surface area contributed by atoms with Gasteiger partial charge in [-0.15, -0.1) is 0 Å². The van der Waals surface area contributed by atoms with Crippen molar-refractivity contribution in [2.45, 2.75) is 25.3 Å². The molecule has 1 aromatic rings. The highest BCUT2D eigenvalue weighted by atomic mass is 32.1. The Morgan fingerprint density at radius 1 is 1.22 bits per heavy atom. The van der Waals surface area contributed by atoms with E-state index in [0.29, 0.717) is 4.99 Å². The topological polar surface area (TPSA) is 38.5 Å². The Balaban J connectivity index is 2.20. The molecule has 2 rings (SSSR count). The summed E-state index contributed by atoms with van der Waals surface area (Å²) in [5.41, 5.74) is 7.09. The maximum Gasteiger partial charge on any atom is 0.118 e. The van der Waals surface area contributed by atoms with Crippen molar-refractivity contribution in [2.24, 2.45) is 5.73 Å². The molecule has 1 aromatic carbocycles. The van der Waals surface area contributed by atoms with E-state index in [-0.39, 0.29) is 6.04 Å². The van der Waals surface area contributed by atoms with Gasteiger partial charge in [-0.3, -0.25) is 4.90 Å². The fraction of sp³-hybridized carbons (Fsp3) is 0.500. The molecule has 1 fully saturated rings. The van der Waals surface area contributed by atoms with Gasteiger partial charge >= 0.3 is 0 Å². The minimum absolute atomic E-state index is 0.0613. The molecule has 0 spiro atoms. The third-order valence-corrected chi connectivity index (χ3v) is 3.68. The molecule has 1 unspecified atom stereocenters. The number of ether oxygens (including phenoxy) is 1. The van der Waals surface area contributed by atoms with E-state index >= 15 is 0 Å². The zero-order valence-corrected chi connectivity index (χ0v) is 11.6. The van der Waals surface area contributed by atoms with Gasteiger partial charge < -0.3 is 10.5 Å². The number of thiocarbonyl (C=S) groups is 1. The first-order valence-electron chi connectivity index (χ1n) is 6.39. The van der Waals surface area contributed by atoms with E-state index in [1.807, 2.05) is 12.1 Å².